The van der Waals surface area contributed by atoms with Gasteiger partial charge in [-0.1, -0.05) is 18.2 Å². The third kappa shape index (κ3) is 4.20. The Balaban J connectivity index is 3.43. The summed E-state index contributed by atoms with van der Waals surface area (Å²) in [5, 5.41) is 9.72. The summed E-state index contributed by atoms with van der Waals surface area (Å²) < 4.78 is 175. The summed E-state index contributed by atoms with van der Waals surface area (Å²) in [4.78, 5) is 11.5. The van der Waals surface area contributed by atoms with Gasteiger partial charge in [0.25, 0.3) is 0 Å². The number of hydrogen-bond acceptors (Lipinski definition) is 3. The predicted octanol–water partition coefficient (Wildman–Crippen LogP) is 5.64. The standard InChI is InChI=1S/C16H11F13O3/c1-32-10(31)8-5-3-2-4-7(8)9(30)6-11(17,18)12(19,20)13(21,22)14(23,24)15(25,26)16(27,28)29/h2-5,9,30H,6H2,1H3. The van der Waals surface area contributed by atoms with E-state index in [-0.39, 0.29) is 0 Å². The first-order chi connectivity index (χ1) is 14.1. The monoisotopic (exact) mass is 498 g/mol. The van der Waals surface area contributed by atoms with E-state index in [2.05, 4.69) is 4.74 Å². The minimum atomic E-state index is -8.03. The highest BCUT2D eigenvalue weighted by Crippen LogP contribution is 2.61. The van der Waals surface area contributed by atoms with Crippen molar-refractivity contribution in [2.45, 2.75) is 48.3 Å². The molecule has 1 unspecified atom stereocenters. The SMILES string of the molecule is COC(=O)c1ccccc1C(O)CC(F)(F)C(F)(F)C(F)(F)C(F)(F)C(F)(F)C(F)(F)F. The smallest absolute Gasteiger partial charge is 0.460 e. The van der Waals surface area contributed by atoms with E-state index in [0.29, 0.717) is 6.07 Å². The summed E-state index contributed by atoms with van der Waals surface area (Å²) in [5.41, 5.74) is -1.69. The van der Waals surface area contributed by atoms with Gasteiger partial charge in [-0.15, -0.1) is 0 Å². The summed E-state index contributed by atoms with van der Waals surface area (Å²) in [6, 6.07) is 3.44. The first kappa shape index (κ1) is 27.8. The van der Waals surface area contributed by atoms with Crippen LogP contribution in [0.15, 0.2) is 24.3 Å². The molecule has 1 aromatic carbocycles. The molecule has 0 aliphatic carbocycles. The molecule has 0 amide bonds. The molecule has 0 fully saturated rings. The Kier molecular flexibility index (Phi) is 7.17. The van der Waals surface area contributed by atoms with Crippen LogP contribution in [0.2, 0.25) is 0 Å². The number of aliphatic hydroxyl groups excluding tert-OH is 1. The van der Waals surface area contributed by atoms with Gasteiger partial charge in [0, 0.05) is 6.42 Å². The van der Waals surface area contributed by atoms with Gasteiger partial charge in [-0.25, -0.2) is 4.79 Å². The normalized spacial score (nSPS) is 15.5. The largest absolute Gasteiger partial charge is 0.465 e. The quantitative estimate of drug-likeness (QED) is 0.373. The molecule has 1 rings (SSSR count). The van der Waals surface area contributed by atoms with E-state index >= 15 is 0 Å². The Morgan fingerprint density at radius 1 is 0.812 bits per heavy atom. The molecule has 0 aromatic heterocycles. The average molecular weight is 498 g/mol. The maximum atomic E-state index is 13.9. The van der Waals surface area contributed by atoms with Crippen molar-refractivity contribution in [2.75, 3.05) is 7.11 Å². The van der Waals surface area contributed by atoms with Crippen LogP contribution in [0.5, 0.6) is 0 Å². The molecule has 16 heteroatoms. The molecule has 0 aliphatic heterocycles. The lowest BCUT2D eigenvalue weighted by molar-refractivity contribution is -0.440. The number of ether oxygens (including phenoxy) is 1. The van der Waals surface area contributed by atoms with Gasteiger partial charge >= 0.3 is 41.8 Å². The lowest BCUT2D eigenvalue weighted by Gasteiger charge is -2.40. The molecular weight excluding hydrogens is 487 g/mol. The highest BCUT2D eigenvalue weighted by atomic mass is 19.4. The van der Waals surface area contributed by atoms with Crippen LogP contribution in [0.1, 0.15) is 28.4 Å². The van der Waals surface area contributed by atoms with E-state index in [9.17, 15) is 67.0 Å². The van der Waals surface area contributed by atoms with Crippen LogP contribution in [0.25, 0.3) is 0 Å². The molecule has 0 spiro atoms. The minimum absolute atomic E-state index is 0.649. The first-order valence-electron chi connectivity index (χ1n) is 7.91. The molecule has 0 aliphatic rings. The molecule has 32 heavy (non-hydrogen) atoms. The van der Waals surface area contributed by atoms with Crippen molar-refractivity contribution in [1.82, 2.24) is 0 Å². The first-order valence-corrected chi connectivity index (χ1v) is 7.91. The topological polar surface area (TPSA) is 46.5 Å². The number of esters is 1. The minimum Gasteiger partial charge on any atom is -0.465 e. The van der Waals surface area contributed by atoms with Gasteiger partial charge in [-0.2, -0.15) is 57.1 Å². The second kappa shape index (κ2) is 8.26. The maximum Gasteiger partial charge on any atom is 0.460 e. The number of carbonyl (C=O) groups is 1. The van der Waals surface area contributed by atoms with Gasteiger partial charge in [0.1, 0.15) is 0 Å². The fourth-order valence-corrected chi connectivity index (χ4v) is 2.37. The fraction of sp³-hybridized carbons (Fsp3) is 0.562. The maximum absolute atomic E-state index is 13.9. The molecular formula is C16H11F13O3. The zero-order chi connectivity index (χ0) is 25.6. The number of methoxy groups -OCH3 is 1. The van der Waals surface area contributed by atoms with E-state index in [1.165, 1.54) is 0 Å². The van der Waals surface area contributed by atoms with Crippen molar-refractivity contribution >= 4 is 5.97 Å². The Morgan fingerprint density at radius 2 is 1.25 bits per heavy atom. The van der Waals surface area contributed by atoms with Crippen molar-refractivity contribution < 1.29 is 71.7 Å². The Labute approximate surface area is 169 Å². The fourth-order valence-electron chi connectivity index (χ4n) is 2.37. The number of alkyl halides is 13. The van der Waals surface area contributed by atoms with E-state index in [1.54, 1.807) is 0 Å². The van der Waals surface area contributed by atoms with Crippen LogP contribution in [-0.4, -0.2) is 54.0 Å². The lowest BCUT2D eigenvalue weighted by atomic mass is 9.89. The van der Waals surface area contributed by atoms with Crippen LogP contribution < -0.4 is 0 Å². The predicted molar refractivity (Wildman–Crippen MR) is 78.1 cm³/mol. The Hall–Kier alpha value is -2.26. The molecule has 1 aromatic rings. The van der Waals surface area contributed by atoms with Crippen molar-refractivity contribution in [3.05, 3.63) is 35.4 Å². The number of benzene rings is 1. The van der Waals surface area contributed by atoms with Crippen molar-refractivity contribution in [3.63, 3.8) is 0 Å². The molecule has 0 saturated heterocycles. The highest BCUT2D eigenvalue weighted by Gasteiger charge is 2.90. The molecule has 1 atom stereocenters. The van der Waals surface area contributed by atoms with Crippen LogP contribution >= 0.6 is 0 Å². The lowest BCUT2D eigenvalue weighted by Crippen LogP contribution is -2.70. The van der Waals surface area contributed by atoms with Gasteiger partial charge in [-0.3, -0.25) is 0 Å². The zero-order valence-electron chi connectivity index (χ0n) is 15.3. The third-order valence-corrected chi connectivity index (χ3v) is 4.17. The van der Waals surface area contributed by atoms with E-state index in [1.807, 2.05) is 0 Å². The van der Waals surface area contributed by atoms with Crippen LogP contribution in [0, 0.1) is 0 Å². The molecule has 184 valence electrons. The van der Waals surface area contributed by atoms with Crippen LogP contribution in [0.3, 0.4) is 0 Å². The van der Waals surface area contributed by atoms with Crippen LogP contribution in [-0.2, 0) is 4.74 Å². The van der Waals surface area contributed by atoms with Gasteiger partial charge < -0.3 is 9.84 Å². The summed E-state index contributed by atoms with van der Waals surface area (Å²) >= 11 is 0. The number of hydrogen-bond donors (Lipinski definition) is 1. The van der Waals surface area contributed by atoms with Gasteiger partial charge in [0.2, 0.25) is 0 Å². The Bertz CT molecular complexity index is 833. The molecule has 3 nitrogen and oxygen atoms in total. The van der Waals surface area contributed by atoms with Gasteiger partial charge in [0.15, 0.2) is 0 Å². The molecule has 0 heterocycles. The number of carbonyl (C=O) groups excluding carboxylic acids is 1. The number of halogens is 13. The molecule has 0 radical (unpaired) electrons. The van der Waals surface area contributed by atoms with Crippen LogP contribution in [0.4, 0.5) is 57.1 Å². The van der Waals surface area contributed by atoms with E-state index in [4.69, 9.17) is 0 Å². The summed E-state index contributed by atoms with van der Waals surface area (Å²) in [6.07, 6.45) is -13.4. The Morgan fingerprint density at radius 3 is 1.69 bits per heavy atom. The van der Waals surface area contributed by atoms with Crippen molar-refractivity contribution in [2.24, 2.45) is 0 Å². The molecule has 0 bridgehead atoms. The number of aliphatic hydroxyl groups is 1. The van der Waals surface area contributed by atoms with E-state index in [0.717, 1.165) is 25.3 Å². The average Bonchev–Trinajstić information content (AvgIpc) is 2.65. The van der Waals surface area contributed by atoms with Gasteiger partial charge in [0.05, 0.1) is 18.8 Å². The summed E-state index contributed by atoms with van der Waals surface area (Å²) in [7, 11) is 0.762. The van der Waals surface area contributed by atoms with Gasteiger partial charge in [-0.05, 0) is 11.6 Å². The summed E-state index contributed by atoms with van der Waals surface area (Å²) in [5.74, 6) is -39.2. The highest BCUT2D eigenvalue weighted by molar-refractivity contribution is 5.91. The molecule has 1 N–H and O–H groups in total. The summed E-state index contributed by atoms with van der Waals surface area (Å²) in [6.45, 7) is 0. The third-order valence-electron chi connectivity index (χ3n) is 4.17. The van der Waals surface area contributed by atoms with Crippen molar-refractivity contribution in [3.8, 4) is 0 Å². The second-order valence-electron chi connectivity index (χ2n) is 6.30. The second-order valence-corrected chi connectivity index (χ2v) is 6.30. The van der Waals surface area contributed by atoms with Crippen molar-refractivity contribution in [1.29, 1.82) is 0 Å². The zero-order valence-corrected chi connectivity index (χ0v) is 15.3. The number of rotatable bonds is 8. The van der Waals surface area contributed by atoms with E-state index < -0.39 is 65.4 Å². The molecule has 0 saturated carbocycles.